The lowest BCUT2D eigenvalue weighted by Crippen LogP contribution is -2.20. The summed E-state index contributed by atoms with van der Waals surface area (Å²) in [6.45, 7) is 0. The third-order valence-electron chi connectivity index (χ3n) is 1.41. The number of hydrogen-bond acceptors (Lipinski definition) is 1. The van der Waals surface area contributed by atoms with Crippen molar-refractivity contribution in [1.82, 2.24) is 4.98 Å². The molecule has 2 nitrogen and oxygen atoms in total. The lowest BCUT2D eigenvalue weighted by atomic mass is 10.4. The Morgan fingerprint density at radius 1 is 1.10 bits per heavy atom. The molecule has 2 aromatic heterocycles. The van der Waals surface area contributed by atoms with Gasteiger partial charge in [-0.25, -0.2) is 4.40 Å². The van der Waals surface area contributed by atoms with Crippen LogP contribution in [-0.2, 0) is 0 Å². The summed E-state index contributed by atoms with van der Waals surface area (Å²) in [7, 11) is 0. The molecule has 10 heavy (non-hydrogen) atoms. The summed E-state index contributed by atoms with van der Waals surface area (Å²) >= 11 is 0. The first-order valence-corrected chi connectivity index (χ1v) is 3.18. The summed E-state index contributed by atoms with van der Waals surface area (Å²) in [4.78, 5) is 4.14. The van der Waals surface area contributed by atoms with Gasteiger partial charge in [0, 0.05) is 12.1 Å². The van der Waals surface area contributed by atoms with Crippen LogP contribution in [-0.4, -0.2) is 4.98 Å². The molecule has 0 radical (unpaired) electrons. The first-order chi connectivity index (χ1) is 4.97. The smallest absolute Gasteiger partial charge is 0.203 e. The fraction of sp³-hybridized carbons (Fsp3) is 0. The molecule has 0 bridgehead atoms. The fourth-order valence-corrected chi connectivity index (χ4v) is 0.933. The second-order valence-corrected chi connectivity index (χ2v) is 2.09. The van der Waals surface area contributed by atoms with Gasteiger partial charge >= 0.3 is 5.65 Å². The molecule has 0 aliphatic carbocycles. The van der Waals surface area contributed by atoms with Gasteiger partial charge in [-0.15, -0.1) is 0 Å². The van der Waals surface area contributed by atoms with Crippen LogP contribution in [0.15, 0.2) is 42.9 Å². The first-order valence-electron chi connectivity index (χ1n) is 3.18. The Bertz CT molecular complexity index is 278. The highest BCUT2D eigenvalue weighted by Gasteiger charge is 1.95. The van der Waals surface area contributed by atoms with Crippen molar-refractivity contribution in [2.75, 3.05) is 0 Å². The predicted octanol–water partition coefficient (Wildman–Crippen LogP) is 0.820. The summed E-state index contributed by atoms with van der Waals surface area (Å²) < 4.78 is 1.97. The summed E-state index contributed by atoms with van der Waals surface area (Å²) in [5.41, 5.74) is 0.977. The van der Waals surface area contributed by atoms with E-state index in [-0.39, 0.29) is 0 Å². The fourth-order valence-electron chi connectivity index (χ4n) is 0.933. The number of rotatable bonds is 0. The second-order valence-electron chi connectivity index (χ2n) is 2.09. The minimum atomic E-state index is 0.977. The van der Waals surface area contributed by atoms with E-state index in [1.807, 2.05) is 41.1 Å². The van der Waals surface area contributed by atoms with E-state index in [1.165, 1.54) is 0 Å². The molecule has 0 aliphatic heterocycles. The number of nitrogens with zero attached hydrogens (tertiary/aromatic N) is 2. The third-order valence-corrected chi connectivity index (χ3v) is 1.41. The van der Waals surface area contributed by atoms with Gasteiger partial charge in [0.25, 0.3) is 0 Å². The van der Waals surface area contributed by atoms with Crippen LogP contribution in [0, 0.1) is 0 Å². The molecule has 2 heteroatoms. The molecule has 0 aliphatic rings. The highest BCUT2D eigenvalue weighted by molar-refractivity contribution is 5.26. The lowest BCUT2D eigenvalue weighted by Gasteiger charge is -1.85. The van der Waals surface area contributed by atoms with Crippen LogP contribution in [0.2, 0.25) is 0 Å². The first kappa shape index (κ1) is 5.35. The van der Waals surface area contributed by atoms with Gasteiger partial charge in [0.05, 0.1) is 12.4 Å². The Hall–Kier alpha value is -1.44. The maximum Gasteiger partial charge on any atom is 0.327 e. The molecule has 0 saturated heterocycles. The van der Waals surface area contributed by atoms with Crippen LogP contribution in [0.5, 0.6) is 0 Å². The average Bonchev–Trinajstić information content (AvgIpc) is 2.05. The normalized spacial score (nSPS) is 10.0. The van der Waals surface area contributed by atoms with Crippen molar-refractivity contribution in [2.24, 2.45) is 0 Å². The van der Waals surface area contributed by atoms with Gasteiger partial charge in [0.2, 0.25) is 0 Å². The van der Waals surface area contributed by atoms with Crippen molar-refractivity contribution in [1.29, 1.82) is 0 Å². The van der Waals surface area contributed by atoms with Crippen LogP contribution in [0.1, 0.15) is 0 Å². The van der Waals surface area contributed by atoms with E-state index in [1.54, 1.807) is 6.20 Å². The summed E-state index contributed by atoms with van der Waals surface area (Å²) in [5, 5.41) is 0. The van der Waals surface area contributed by atoms with E-state index in [0.717, 1.165) is 5.65 Å². The van der Waals surface area contributed by atoms with E-state index in [2.05, 4.69) is 4.98 Å². The maximum absolute atomic E-state index is 4.14. The van der Waals surface area contributed by atoms with Gasteiger partial charge in [-0.1, -0.05) is 6.07 Å². The Labute approximate surface area is 58.8 Å². The SMILES string of the molecule is c1cc[n+]2cccnc2c1. The zero-order valence-electron chi connectivity index (χ0n) is 5.44. The van der Waals surface area contributed by atoms with Crippen LogP contribution < -0.4 is 4.40 Å². The third kappa shape index (κ3) is 0.739. The molecule has 48 valence electrons. The summed E-state index contributed by atoms with van der Waals surface area (Å²) in [5.74, 6) is 0. The van der Waals surface area contributed by atoms with Crippen LogP contribution in [0.3, 0.4) is 0 Å². The molecule has 2 heterocycles. The van der Waals surface area contributed by atoms with E-state index in [0.29, 0.717) is 0 Å². The van der Waals surface area contributed by atoms with Crippen molar-refractivity contribution < 1.29 is 4.40 Å². The molecule has 0 unspecified atom stereocenters. The zero-order valence-corrected chi connectivity index (χ0v) is 5.44. The van der Waals surface area contributed by atoms with E-state index in [9.17, 15) is 0 Å². The van der Waals surface area contributed by atoms with E-state index >= 15 is 0 Å². The van der Waals surface area contributed by atoms with Gasteiger partial charge in [0.15, 0.2) is 0 Å². The van der Waals surface area contributed by atoms with Crippen LogP contribution >= 0.6 is 0 Å². The Balaban J connectivity index is 2.89. The van der Waals surface area contributed by atoms with Gasteiger partial charge in [-0.05, 0) is 11.1 Å². The average molecular weight is 131 g/mol. The molecule has 0 spiro atoms. The molecule has 0 N–H and O–H groups in total. The quantitative estimate of drug-likeness (QED) is 0.484. The largest absolute Gasteiger partial charge is 0.327 e. The lowest BCUT2D eigenvalue weighted by molar-refractivity contribution is -0.514. The molecule has 0 fully saturated rings. The van der Waals surface area contributed by atoms with Gasteiger partial charge < -0.3 is 0 Å². The van der Waals surface area contributed by atoms with Crippen molar-refractivity contribution in [3.8, 4) is 0 Å². The molecule has 0 amide bonds. The topological polar surface area (TPSA) is 17.0 Å². The minimum Gasteiger partial charge on any atom is -0.203 e. The van der Waals surface area contributed by atoms with Crippen molar-refractivity contribution in [3.63, 3.8) is 0 Å². The molecule has 0 saturated carbocycles. The van der Waals surface area contributed by atoms with Crippen molar-refractivity contribution in [2.45, 2.75) is 0 Å². The number of aromatic nitrogens is 2. The standard InChI is InChI=1S/C8H7N2/c1-2-6-10-7-3-5-9-8(10)4-1/h1-7H/q+1. The Morgan fingerprint density at radius 3 is 2.90 bits per heavy atom. The molecule has 2 aromatic rings. The van der Waals surface area contributed by atoms with Gasteiger partial charge in [-0.2, -0.15) is 0 Å². The number of fused-ring (bicyclic) bond motifs is 1. The molecule has 0 aromatic carbocycles. The number of hydrogen-bond donors (Lipinski definition) is 0. The zero-order chi connectivity index (χ0) is 6.81. The Morgan fingerprint density at radius 2 is 2.00 bits per heavy atom. The van der Waals surface area contributed by atoms with Crippen molar-refractivity contribution in [3.05, 3.63) is 42.9 Å². The maximum atomic E-state index is 4.14. The monoisotopic (exact) mass is 131 g/mol. The van der Waals surface area contributed by atoms with Crippen molar-refractivity contribution >= 4 is 5.65 Å². The van der Waals surface area contributed by atoms with Crippen LogP contribution in [0.4, 0.5) is 0 Å². The number of pyridine rings is 1. The highest BCUT2D eigenvalue weighted by Crippen LogP contribution is 1.87. The second kappa shape index (κ2) is 2.06. The predicted molar refractivity (Wildman–Crippen MR) is 37.4 cm³/mol. The summed E-state index contributed by atoms with van der Waals surface area (Å²) in [6, 6.07) is 7.84. The molecular weight excluding hydrogens is 124 g/mol. The Kier molecular flexibility index (Phi) is 1.10. The van der Waals surface area contributed by atoms with E-state index < -0.39 is 0 Å². The van der Waals surface area contributed by atoms with Gasteiger partial charge in [0.1, 0.15) is 6.20 Å². The molecule has 0 atom stereocenters. The minimum absolute atomic E-state index is 0.977. The molecular formula is C8H7N2+. The van der Waals surface area contributed by atoms with Crippen LogP contribution in [0.25, 0.3) is 5.65 Å². The highest BCUT2D eigenvalue weighted by atomic mass is 14.9. The van der Waals surface area contributed by atoms with E-state index in [4.69, 9.17) is 0 Å². The summed E-state index contributed by atoms with van der Waals surface area (Å²) in [6.07, 6.45) is 5.74. The molecule has 2 rings (SSSR count). The van der Waals surface area contributed by atoms with Gasteiger partial charge in [-0.3, -0.25) is 0 Å².